The van der Waals surface area contributed by atoms with E-state index >= 15 is 0 Å². The molecule has 1 aliphatic rings. The number of carbonyl (C=O) groups is 3. The first-order chi connectivity index (χ1) is 10.1. The molecule has 1 heterocycles. The van der Waals surface area contributed by atoms with Crippen LogP contribution in [0.15, 0.2) is 18.2 Å². The molecule has 3 N–H and O–H groups in total. The number of nitrogens with zero attached hydrogens (tertiary/aromatic N) is 1. The molecular formula is C14H17N3O4. The van der Waals surface area contributed by atoms with E-state index in [0.717, 1.165) is 12.8 Å². The summed E-state index contributed by atoms with van der Waals surface area (Å²) in [6.45, 7) is 0.343. The Morgan fingerprint density at radius 2 is 1.95 bits per heavy atom. The second-order valence-corrected chi connectivity index (χ2v) is 4.91. The lowest BCUT2D eigenvalue weighted by atomic mass is 10.2. The Balaban J connectivity index is 1.72. The van der Waals surface area contributed by atoms with Gasteiger partial charge in [-0.2, -0.15) is 0 Å². The van der Waals surface area contributed by atoms with Gasteiger partial charge in [0.2, 0.25) is 5.91 Å². The third-order valence-electron chi connectivity index (χ3n) is 3.01. The second-order valence-electron chi connectivity index (χ2n) is 4.91. The molecule has 0 saturated heterocycles. The summed E-state index contributed by atoms with van der Waals surface area (Å²) in [6, 6.07) is 4.58. The van der Waals surface area contributed by atoms with Crippen molar-refractivity contribution < 1.29 is 19.5 Å². The summed E-state index contributed by atoms with van der Waals surface area (Å²) in [5.74, 6) is -1.63. The predicted octanol–water partition coefficient (Wildman–Crippen LogP) is 0.568. The van der Waals surface area contributed by atoms with E-state index in [2.05, 4.69) is 15.6 Å². The van der Waals surface area contributed by atoms with Crippen LogP contribution in [0.1, 0.15) is 46.7 Å². The first kappa shape index (κ1) is 15.0. The highest BCUT2D eigenvalue weighted by Gasteiger charge is 2.22. The van der Waals surface area contributed by atoms with Crippen molar-refractivity contribution in [2.75, 3.05) is 6.54 Å². The van der Waals surface area contributed by atoms with Crippen LogP contribution >= 0.6 is 0 Å². The molecule has 1 aliphatic carbocycles. The fourth-order valence-electron chi connectivity index (χ4n) is 1.75. The van der Waals surface area contributed by atoms with E-state index < -0.39 is 11.9 Å². The normalized spacial score (nSPS) is 13.5. The fraction of sp³-hybridized carbons (Fsp3) is 0.429. The summed E-state index contributed by atoms with van der Waals surface area (Å²) >= 11 is 0. The number of aromatic carboxylic acids is 1. The van der Waals surface area contributed by atoms with Crippen LogP contribution in [0.2, 0.25) is 0 Å². The highest BCUT2D eigenvalue weighted by molar-refractivity contribution is 5.94. The number of carbonyl (C=O) groups excluding carboxylic acids is 2. The van der Waals surface area contributed by atoms with Gasteiger partial charge in [0.05, 0.1) is 0 Å². The third kappa shape index (κ3) is 4.87. The highest BCUT2D eigenvalue weighted by atomic mass is 16.4. The number of nitrogens with one attached hydrogen (secondary N) is 2. The van der Waals surface area contributed by atoms with Crippen molar-refractivity contribution >= 4 is 17.8 Å². The van der Waals surface area contributed by atoms with Gasteiger partial charge in [-0.25, -0.2) is 9.78 Å². The molecule has 0 aliphatic heterocycles. The molecule has 2 rings (SSSR count). The van der Waals surface area contributed by atoms with E-state index in [4.69, 9.17) is 5.11 Å². The summed E-state index contributed by atoms with van der Waals surface area (Å²) in [4.78, 5) is 37.7. The summed E-state index contributed by atoms with van der Waals surface area (Å²) in [6.07, 6.45) is 2.99. The summed E-state index contributed by atoms with van der Waals surface area (Å²) < 4.78 is 0. The van der Waals surface area contributed by atoms with E-state index in [0.29, 0.717) is 25.4 Å². The molecule has 0 bridgehead atoms. The van der Waals surface area contributed by atoms with Crippen molar-refractivity contribution in [1.82, 2.24) is 15.6 Å². The van der Waals surface area contributed by atoms with Crippen LogP contribution in [0.25, 0.3) is 0 Å². The van der Waals surface area contributed by atoms with Crippen LogP contribution in [-0.2, 0) is 4.79 Å². The molecule has 1 fully saturated rings. The SMILES string of the molecule is O=C(CCCNC(=O)c1cccc(C(=O)O)n1)NC1CC1. The Hall–Kier alpha value is -2.44. The topological polar surface area (TPSA) is 108 Å². The Bertz CT molecular complexity index is 555. The molecule has 2 amide bonds. The molecule has 21 heavy (non-hydrogen) atoms. The number of aromatic nitrogens is 1. The predicted molar refractivity (Wildman–Crippen MR) is 73.9 cm³/mol. The van der Waals surface area contributed by atoms with Crippen LogP contribution in [0.3, 0.4) is 0 Å². The first-order valence-corrected chi connectivity index (χ1v) is 6.84. The molecule has 0 atom stereocenters. The van der Waals surface area contributed by atoms with Gasteiger partial charge >= 0.3 is 5.97 Å². The molecule has 0 aromatic carbocycles. The van der Waals surface area contributed by atoms with Gasteiger partial charge in [-0.3, -0.25) is 9.59 Å². The Morgan fingerprint density at radius 3 is 2.62 bits per heavy atom. The number of hydrogen-bond acceptors (Lipinski definition) is 4. The number of hydrogen-bond donors (Lipinski definition) is 3. The average molecular weight is 291 g/mol. The van der Waals surface area contributed by atoms with E-state index in [-0.39, 0.29) is 17.3 Å². The van der Waals surface area contributed by atoms with Crippen molar-refractivity contribution in [3.05, 3.63) is 29.6 Å². The molecule has 7 heteroatoms. The van der Waals surface area contributed by atoms with Crippen LogP contribution in [0.4, 0.5) is 0 Å². The monoisotopic (exact) mass is 291 g/mol. The van der Waals surface area contributed by atoms with Gasteiger partial charge in [-0.15, -0.1) is 0 Å². The van der Waals surface area contributed by atoms with Gasteiger partial charge < -0.3 is 15.7 Å². The van der Waals surface area contributed by atoms with E-state index in [9.17, 15) is 14.4 Å². The summed E-state index contributed by atoms with van der Waals surface area (Å²) in [5, 5.41) is 14.3. The maximum absolute atomic E-state index is 11.8. The Labute approximate surface area is 121 Å². The molecule has 0 unspecified atom stereocenters. The van der Waals surface area contributed by atoms with Crippen molar-refractivity contribution in [1.29, 1.82) is 0 Å². The summed E-state index contributed by atoms with van der Waals surface area (Å²) in [5.41, 5.74) is -0.121. The largest absolute Gasteiger partial charge is 0.477 e. The van der Waals surface area contributed by atoms with E-state index in [1.165, 1.54) is 18.2 Å². The minimum absolute atomic E-state index is 0.00208. The molecule has 0 spiro atoms. The molecule has 0 radical (unpaired) electrons. The Kier molecular flexibility index (Phi) is 4.86. The average Bonchev–Trinajstić information content (AvgIpc) is 3.27. The Morgan fingerprint density at radius 1 is 1.24 bits per heavy atom. The zero-order chi connectivity index (χ0) is 15.2. The quantitative estimate of drug-likeness (QED) is 0.636. The maximum atomic E-state index is 11.8. The van der Waals surface area contributed by atoms with E-state index in [1.54, 1.807) is 0 Å². The van der Waals surface area contributed by atoms with Gasteiger partial charge in [-0.05, 0) is 31.4 Å². The molecule has 1 saturated carbocycles. The lowest BCUT2D eigenvalue weighted by Gasteiger charge is -2.06. The number of pyridine rings is 1. The van der Waals surface area contributed by atoms with Gasteiger partial charge in [0, 0.05) is 19.0 Å². The van der Waals surface area contributed by atoms with Gasteiger partial charge in [0.1, 0.15) is 11.4 Å². The maximum Gasteiger partial charge on any atom is 0.354 e. The van der Waals surface area contributed by atoms with Crippen molar-refractivity contribution in [2.24, 2.45) is 0 Å². The van der Waals surface area contributed by atoms with Gasteiger partial charge in [0.25, 0.3) is 5.91 Å². The molecule has 1 aromatic rings. The van der Waals surface area contributed by atoms with Gasteiger partial charge in [-0.1, -0.05) is 6.07 Å². The molecule has 112 valence electrons. The third-order valence-corrected chi connectivity index (χ3v) is 3.01. The zero-order valence-corrected chi connectivity index (χ0v) is 11.5. The van der Waals surface area contributed by atoms with Crippen LogP contribution < -0.4 is 10.6 Å². The number of rotatable bonds is 7. The standard InChI is InChI=1S/C14H17N3O4/c18-12(16-9-6-7-9)5-2-8-15-13(19)10-3-1-4-11(17-10)14(20)21/h1,3-4,9H,2,5-8H2,(H,15,19)(H,16,18)(H,20,21). The van der Waals surface area contributed by atoms with Gasteiger partial charge in [0.15, 0.2) is 0 Å². The molecule has 7 nitrogen and oxygen atoms in total. The number of carboxylic acids is 1. The minimum Gasteiger partial charge on any atom is -0.477 e. The van der Waals surface area contributed by atoms with Crippen LogP contribution in [0, 0.1) is 0 Å². The zero-order valence-electron chi connectivity index (χ0n) is 11.5. The van der Waals surface area contributed by atoms with Crippen LogP contribution in [-0.4, -0.2) is 40.5 Å². The van der Waals surface area contributed by atoms with Crippen molar-refractivity contribution in [2.45, 2.75) is 31.7 Å². The second kappa shape index (κ2) is 6.83. The smallest absolute Gasteiger partial charge is 0.354 e. The number of amides is 2. The molecular weight excluding hydrogens is 274 g/mol. The summed E-state index contributed by atoms with van der Waals surface area (Å²) in [7, 11) is 0. The lowest BCUT2D eigenvalue weighted by molar-refractivity contribution is -0.121. The lowest BCUT2D eigenvalue weighted by Crippen LogP contribution is -2.29. The van der Waals surface area contributed by atoms with E-state index in [1.807, 2.05) is 0 Å². The van der Waals surface area contributed by atoms with Crippen molar-refractivity contribution in [3.8, 4) is 0 Å². The van der Waals surface area contributed by atoms with Crippen LogP contribution in [0.5, 0.6) is 0 Å². The molecule has 1 aromatic heterocycles. The number of carboxylic acid groups (broad SMARTS) is 1. The minimum atomic E-state index is -1.18. The fourth-order valence-corrected chi connectivity index (χ4v) is 1.75. The van der Waals surface area contributed by atoms with Crippen molar-refractivity contribution in [3.63, 3.8) is 0 Å². The highest BCUT2D eigenvalue weighted by Crippen LogP contribution is 2.18. The first-order valence-electron chi connectivity index (χ1n) is 6.84.